The number of rotatable bonds is 3. The number of hydrogen-bond donors (Lipinski definition) is 0. The quantitative estimate of drug-likeness (QED) is 0.443. The fourth-order valence-electron chi connectivity index (χ4n) is 5.05. The second-order valence-corrected chi connectivity index (χ2v) is 10.1. The molecule has 5 rings (SSSR count). The molecule has 1 aliphatic heterocycles. The van der Waals surface area contributed by atoms with Crippen molar-refractivity contribution in [2.75, 3.05) is 20.1 Å². The normalized spacial score (nSPS) is 19.5. The van der Waals surface area contributed by atoms with E-state index < -0.39 is 0 Å². The third-order valence-corrected chi connectivity index (χ3v) is 7.41. The van der Waals surface area contributed by atoms with Crippen molar-refractivity contribution in [1.29, 1.82) is 0 Å². The molecule has 1 fully saturated rings. The molecule has 0 bridgehead atoms. The van der Waals surface area contributed by atoms with E-state index in [0.29, 0.717) is 5.92 Å². The van der Waals surface area contributed by atoms with Crippen LogP contribution in [-0.4, -0.2) is 39.6 Å². The summed E-state index contributed by atoms with van der Waals surface area (Å²) in [5, 5.41) is 0.774. The maximum absolute atomic E-state index is 6.46. The summed E-state index contributed by atoms with van der Waals surface area (Å²) >= 11 is 10.1. The Bertz CT molecular complexity index is 1140. The molecule has 0 saturated carbocycles. The maximum atomic E-state index is 6.46. The zero-order valence-electron chi connectivity index (χ0n) is 17.9. The summed E-state index contributed by atoms with van der Waals surface area (Å²) < 4.78 is 3.20. The highest BCUT2D eigenvalue weighted by Gasteiger charge is 2.34. The van der Waals surface area contributed by atoms with E-state index in [1.165, 1.54) is 40.8 Å². The van der Waals surface area contributed by atoms with Gasteiger partial charge in [0.1, 0.15) is 5.82 Å². The Kier molecular flexibility index (Phi) is 5.76. The van der Waals surface area contributed by atoms with Gasteiger partial charge in [-0.3, -0.25) is 4.98 Å². The number of aryl methyl sites for hydroxylation is 1. The number of nitrogens with zero attached hydrogens (tertiary/aromatic N) is 4. The second kappa shape index (κ2) is 8.53. The van der Waals surface area contributed by atoms with E-state index >= 15 is 0 Å². The first-order chi connectivity index (χ1) is 15.0. The van der Waals surface area contributed by atoms with Crippen LogP contribution in [-0.2, 0) is 6.54 Å². The van der Waals surface area contributed by atoms with Crippen LogP contribution >= 0.6 is 27.5 Å². The van der Waals surface area contributed by atoms with Gasteiger partial charge in [0.25, 0.3) is 0 Å². The van der Waals surface area contributed by atoms with Gasteiger partial charge in [-0.2, -0.15) is 0 Å². The van der Waals surface area contributed by atoms with Gasteiger partial charge in [0, 0.05) is 46.1 Å². The topological polar surface area (TPSA) is 34.0 Å². The van der Waals surface area contributed by atoms with Crippen molar-refractivity contribution < 1.29 is 0 Å². The molecule has 0 spiro atoms. The number of fused-ring (bicyclic) bond motifs is 2. The first-order valence-corrected chi connectivity index (χ1v) is 12.0. The number of likely N-dealkylation sites (tertiary alicyclic amines) is 1. The van der Waals surface area contributed by atoms with Gasteiger partial charge in [-0.15, -0.1) is 0 Å². The summed E-state index contributed by atoms with van der Waals surface area (Å²) in [6.45, 7) is 5.06. The van der Waals surface area contributed by atoms with Crippen molar-refractivity contribution in [2.24, 2.45) is 5.92 Å². The molecular weight excluding hydrogens is 472 g/mol. The molecule has 160 valence electrons. The summed E-state index contributed by atoms with van der Waals surface area (Å²) in [4.78, 5) is 11.9. The standard InChI is InChI=1S/C25H26BrClN4/c1-16-28-7-10-31(16)15-19-11-18-12-21(27)3-4-22(18)24(17-5-8-30(2)9-6-17)25-23(19)13-20(26)14-29-25/h3-4,7,10-14,17,24H,5-6,8-9,15H2,1-2H3. The summed E-state index contributed by atoms with van der Waals surface area (Å²) in [6.07, 6.45) is 10.5. The van der Waals surface area contributed by atoms with E-state index in [-0.39, 0.29) is 5.92 Å². The Labute approximate surface area is 197 Å². The molecule has 6 heteroatoms. The molecule has 1 saturated heterocycles. The highest BCUT2D eigenvalue weighted by Crippen LogP contribution is 2.45. The van der Waals surface area contributed by atoms with Gasteiger partial charge in [0.05, 0.1) is 5.69 Å². The minimum atomic E-state index is 0.265. The fraction of sp³-hybridized carbons (Fsp3) is 0.360. The van der Waals surface area contributed by atoms with E-state index in [2.05, 4.69) is 61.7 Å². The van der Waals surface area contributed by atoms with Crippen LogP contribution in [0.3, 0.4) is 0 Å². The van der Waals surface area contributed by atoms with Crippen molar-refractivity contribution in [3.05, 3.63) is 80.6 Å². The number of pyridine rings is 1. The van der Waals surface area contributed by atoms with E-state index in [4.69, 9.17) is 16.6 Å². The molecule has 1 aliphatic carbocycles. The van der Waals surface area contributed by atoms with Crippen LogP contribution in [0.25, 0.3) is 11.6 Å². The molecule has 0 radical (unpaired) electrons. The molecule has 4 nitrogen and oxygen atoms in total. The highest BCUT2D eigenvalue weighted by molar-refractivity contribution is 9.10. The van der Waals surface area contributed by atoms with Crippen LogP contribution in [0.5, 0.6) is 0 Å². The van der Waals surface area contributed by atoms with Gasteiger partial charge in [0.15, 0.2) is 0 Å². The van der Waals surface area contributed by atoms with Crippen molar-refractivity contribution in [3.8, 4) is 0 Å². The SMILES string of the molecule is Cc1nccn1CC1=Cc2cc(Cl)ccc2C(C2CCN(C)CC2)c2ncc(Br)cc21. The maximum Gasteiger partial charge on any atom is 0.105 e. The zero-order valence-corrected chi connectivity index (χ0v) is 20.2. The van der Waals surface area contributed by atoms with Gasteiger partial charge < -0.3 is 9.47 Å². The lowest BCUT2D eigenvalue weighted by atomic mass is 9.76. The summed E-state index contributed by atoms with van der Waals surface area (Å²) in [5.41, 5.74) is 6.19. The molecule has 2 aliphatic rings. The minimum Gasteiger partial charge on any atom is -0.331 e. The van der Waals surface area contributed by atoms with Crippen LogP contribution in [0.1, 0.15) is 47.0 Å². The Balaban J connectivity index is 1.69. The Hall–Kier alpha value is -1.95. The highest BCUT2D eigenvalue weighted by atomic mass is 79.9. The molecule has 3 aromatic rings. The second-order valence-electron chi connectivity index (χ2n) is 8.75. The molecule has 0 N–H and O–H groups in total. The van der Waals surface area contributed by atoms with Gasteiger partial charge in [0.2, 0.25) is 0 Å². The Morgan fingerprint density at radius 2 is 1.97 bits per heavy atom. The van der Waals surface area contributed by atoms with Gasteiger partial charge in [-0.05, 0) is 103 Å². The van der Waals surface area contributed by atoms with Crippen molar-refractivity contribution in [1.82, 2.24) is 19.4 Å². The van der Waals surface area contributed by atoms with Gasteiger partial charge in [-0.1, -0.05) is 17.7 Å². The smallest absolute Gasteiger partial charge is 0.105 e. The van der Waals surface area contributed by atoms with Gasteiger partial charge in [-0.25, -0.2) is 4.98 Å². The van der Waals surface area contributed by atoms with Crippen molar-refractivity contribution in [3.63, 3.8) is 0 Å². The van der Waals surface area contributed by atoms with E-state index in [1.807, 2.05) is 31.6 Å². The van der Waals surface area contributed by atoms with Crippen molar-refractivity contribution in [2.45, 2.75) is 32.2 Å². The van der Waals surface area contributed by atoms with Crippen molar-refractivity contribution >= 4 is 39.2 Å². The molecule has 1 unspecified atom stereocenters. The number of piperidine rings is 1. The third kappa shape index (κ3) is 4.11. The van der Waals surface area contributed by atoms with Crippen LogP contribution in [0, 0.1) is 12.8 Å². The Morgan fingerprint density at radius 3 is 2.71 bits per heavy atom. The molecule has 3 heterocycles. The number of benzene rings is 1. The summed E-state index contributed by atoms with van der Waals surface area (Å²) in [5.74, 6) is 1.83. The molecule has 1 aromatic carbocycles. The largest absolute Gasteiger partial charge is 0.331 e. The fourth-order valence-corrected chi connectivity index (χ4v) is 5.56. The summed E-state index contributed by atoms with van der Waals surface area (Å²) in [7, 11) is 2.22. The Morgan fingerprint density at radius 1 is 1.16 bits per heavy atom. The first-order valence-electron chi connectivity index (χ1n) is 10.8. The summed E-state index contributed by atoms with van der Waals surface area (Å²) in [6, 6.07) is 8.59. The van der Waals surface area contributed by atoms with E-state index in [0.717, 1.165) is 35.0 Å². The average Bonchev–Trinajstić information content (AvgIpc) is 3.10. The predicted octanol–water partition coefficient (Wildman–Crippen LogP) is 6.03. The van der Waals surface area contributed by atoms with Crippen LogP contribution < -0.4 is 0 Å². The van der Waals surface area contributed by atoms with E-state index in [1.54, 1.807) is 0 Å². The lowest BCUT2D eigenvalue weighted by Crippen LogP contribution is -2.33. The average molecular weight is 498 g/mol. The lowest BCUT2D eigenvalue weighted by molar-refractivity contribution is 0.206. The number of halogens is 2. The molecular formula is C25H26BrClN4. The lowest BCUT2D eigenvalue weighted by Gasteiger charge is -2.35. The van der Waals surface area contributed by atoms with Crippen LogP contribution in [0.2, 0.25) is 5.02 Å². The molecule has 1 atom stereocenters. The van der Waals surface area contributed by atoms with Crippen LogP contribution in [0.4, 0.5) is 0 Å². The number of imidazole rings is 1. The number of allylic oxidation sites excluding steroid dienone is 1. The number of hydrogen-bond acceptors (Lipinski definition) is 3. The zero-order chi connectivity index (χ0) is 21.5. The minimum absolute atomic E-state index is 0.265. The molecule has 2 aromatic heterocycles. The van der Waals surface area contributed by atoms with Gasteiger partial charge >= 0.3 is 0 Å². The molecule has 0 amide bonds. The van der Waals surface area contributed by atoms with Crippen LogP contribution in [0.15, 0.2) is 47.3 Å². The first kappa shape index (κ1) is 20.9. The predicted molar refractivity (Wildman–Crippen MR) is 130 cm³/mol. The molecule has 31 heavy (non-hydrogen) atoms. The monoisotopic (exact) mass is 496 g/mol. The third-order valence-electron chi connectivity index (χ3n) is 6.74. The number of aromatic nitrogens is 3. The van der Waals surface area contributed by atoms with E-state index in [9.17, 15) is 0 Å².